The van der Waals surface area contributed by atoms with E-state index in [-0.39, 0.29) is 5.41 Å². The molecule has 2 aliphatic carbocycles. The number of phenols is 1. The van der Waals surface area contributed by atoms with Gasteiger partial charge < -0.3 is 9.84 Å². The summed E-state index contributed by atoms with van der Waals surface area (Å²) in [5.74, 6) is 1.30. The third-order valence-corrected chi connectivity index (χ3v) is 7.74. The summed E-state index contributed by atoms with van der Waals surface area (Å²) in [5.41, 5.74) is 7.73. The molecule has 0 bridgehead atoms. The maximum atomic E-state index is 9.98. The summed E-state index contributed by atoms with van der Waals surface area (Å²) < 4.78 is 6.06. The summed E-state index contributed by atoms with van der Waals surface area (Å²) in [7, 11) is 0. The van der Waals surface area contributed by atoms with Crippen LogP contribution in [0.3, 0.4) is 0 Å². The molecular formula is C30H31NO2. The van der Waals surface area contributed by atoms with Gasteiger partial charge in [-0.15, -0.1) is 0 Å². The van der Waals surface area contributed by atoms with Gasteiger partial charge in [0, 0.05) is 12.0 Å². The quantitative estimate of drug-likeness (QED) is 0.537. The van der Waals surface area contributed by atoms with Crippen molar-refractivity contribution in [2.24, 2.45) is 0 Å². The van der Waals surface area contributed by atoms with Gasteiger partial charge in [-0.3, -0.25) is 4.90 Å². The van der Waals surface area contributed by atoms with E-state index in [0.29, 0.717) is 5.75 Å². The number of rotatable bonds is 5. The third kappa shape index (κ3) is 3.65. The van der Waals surface area contributed by atoms with E-state index in [0.717, 1.165) is 31.7 Å². The summed E-state index contributed by atoms with van der Waals surface area (Å²) in [6.07, 6.45) is 8.51. The summed E-state index contributed by atoms with van der Waals surface area (Å²) in [6, 6.07) is 23.3. The second-order valence-corrected chi connectivity index (χ2v) is 9.69. The van der Waals surface area contributed by atoms with Crippen LogP contribution in [0.15, 0.2) is 72.8 Å². The molecule has 1 atom stereocenters. The largest absolute Gasteiger partial charge is 0.508 e. The minimum Gasteiger partial charge on any atom is -0.508 e. The van der Waals surface area contributed by atoms with Crippen molar-refractivity contribution in [1.82, 2.24) is 4.90 Å². The highest BCUT2D eigenvalue weighted by atomic mass is 16.5. The fourth-order valence-electron chi connectivity index (χ4n) is 6.07. The Morgan fingerprint density at radius 1 is 0.879 bits per heavy atom. The Hall–Kier alpha value is -3.04. The average Bonchev–Trinajstić information content (AvgIpc) is 3.39. The predicted molar refractivity (Wildman–Crippen MR) is 133 cm³/mol. The Labute approximate surface area is 196 Å². The molecule has 1 saturated heterocycles. The minimum absolute atomic E-state index is 0.0986. The monoisotopic (exact) mass is 437 g/mol. The molecule has 3 nitrogen and oxygen atoms in total. The summed E-state index contributed by atoms with van der Waals surface area (Å²) in [4.78, 5) is 2.51. The molecule has 1 spiro atoms. The van der Waals surface area contributed by atoms with E-state index in [1.165, 1.54) is 65.7 Å². The smallest absolute Gasteiger partial charge is 0.119 e. The molecule has 0 aromatic heterocycles. The van der Waals surface area contributed by atoms with Crippen LogP contribution in [0.4, 0.5) is 0 Å². The van der Waals surface area contributed by atoms with Crippen molar-refractivity contribution < 1.29 is 9.84 Å². The lowest BCUT2D eigenvalue weighted by Crippen LogP contribution is -2.33. The molecule has 0 unspecified atom stereocenters. The molecule has 3 aliphatic rings. The normalized spacial score (nSPS) is 21.6. The molecule has 168 valence electrons. The fraction of sp³-hybridized carbons (Fsp3) is 0.333. The number of hydrogen-bond acceptors (Lipinski definition) is 3. The Morgan fingerprint density at radius 3 is 2.55 bits per heavy atom. The molecule has 6 rings (SSSR count). The van der Waals surface area contributed by atoms with E-state index >= 15 is 0 Å². The maximum Gasteiger partial charge on any atom is 0.119 e. The molecule has 3 aromatic carbocycles. The maximum absolute atomic E-state index is 9.98. The number of piperidine rings is 1. The van der Waals surface area contributed by atoms with Crippen molar-refractivity contribution in [2.75, 3.05) is 26.2 Å². The number of hydrogen-bond donors (Lipinski definition) is 1. The van der Waals surface area contributed by atoms with Crippen molar-refractivity contribution in [2.45, 2.75) is 37.5 Å². The van der Waals surface area contributed by atoms with Crippen LogP contribution in [-0.4, -0.2) is 36.2 Å². The second-order valence-electron chi connectivity index (χ2n) is 9.69. The number of phenolic OH excluding ortho intramolecular Hbond substituents is 1. The highest BCUT2D eigenvalue weighted by Crippen LogP contribution is 2.54. The lowest BCUT2D eigenvalue weighted by molar-refractivity contribution is 0.183. The molecule has 1 N–H and O–H groups in total. The van der Waals surface area contributed by atoms with Crippen molar-refractivity contribution in [3.63, 3.8) is 0 Å². The van der Waals surface area contributed by atoms with Crippen LogP contribution < -0.4 is 4.74 Å². The number of aromatic hydroxyl groups is 1. The number of nitrogens with zero attached hydrogens (tertiary/aromatic N) is 1. The Morgan fingerprint density at radius 2 is 1.70 bits per heavy atom. The summed E-state index contributed by atoms with van der Waals surface area (Å²) in [6.45, 7) is 4.18. The van der Waals surface area contributed by atoms with E-state index in [4.69, 9.17) is 4.74 Å². The molecule has 1 fully saturated rings. The number of ether oxygens (including phenoxy) is 1. The predicted octanol–water partition coefficient (Wildman–Crippen LogP) is 5.93. The summed E-state index contributed by atoms with van der Waals surface area (Å²) in [5, 5.41) is 9.98. The number of allylic oxidation sites excluding steroid dienone is 1. The highest BCUT2D eigenvalue weighted by Gasteiger charge is 2.44. The van der Waals surface area contributed by atoms with Crippen molar-refractivity contribution >= 4 is 5.57 Å². The number of fused-ring (bicyclic) bond motifs is 4. The molecule has 33 heavy (non-hydrogen) atoms. The number of aryl methyl sites for hydroxylation is 1. The van der Waals surface area contributed by atoms with Crippen LogP contribution in [0, 0.1) is 0 Å². The van der Waals surface area contributed by atoms with Gasteiger partial charge in [-0.2, -0.15) is 0 Å². The van der Waals surface area contributed by atoms with Crippen molar-refractivity contribution in [3.8, 4) is 11.5 Å². The molecule has 0 radical (unpaired) electrons. The van der Waals surface area contributed by atoms with Crippen LogP contribution in [0.2, 0.25) is 0 Å². The van der Waals surface area contributed by atoms with Crippen LogP contribution in [0.1, 0.15) is 53.5 Å². The zero-order chi connectivity index (χ0) is 22.3. The fourth-order valence-corrected chi connectivity index (χ4v) is 6.07. The van der Waals surface area contributed by atoms with Gasteiger partial charge in [-0.25, -0.2) is 0 Å². The SMILES string of the molecule is Oc1ccc2c(c1)CC[C@]21C=C(c2ccc(OCCN3CCCCC3)cc2)c2ccccc21. The minimum atomic E-state index is -0.0986. The molecule has 3 aromatic rings. The molecule has 0 amide bonds. The zero-order valence-corrected chi connectivity index (χ0v) is 19.1. The second kappa shape index (κ2) is 8.39. The first-order valence-electron chi connectivity index (χ1n) is 12.3. The van der Waals surface area contributed by atoms with Gasteiger partial charge in [0.15, 0.2) is 0 Å². The zero-order valence-electron chi connectivity index (χ0n) is 19.1. The third-order valence-electron chi connectivity index (χ3n) is 7.74. The van der Waals surface area contributed by atoms with Crippen LogP contribution in [-0.2, 0) is 11.8 Å². The van der Waals surface area contributed by atoms with E-state index in [9.17, 15) is 5.11 Å². The first kappa shape index (κ1) is 20.6. The summed E-state index contributed by atoms with van der Waals surface area (Å²) >= 11 is 0. The standard InChI is InChI=1S/C30H31NO2/c32-24-10-13-28-23(20-24)14-15-30(28)21-27(26-6-2-3-7-29(26)30)22-8-11-25(12-9-22)33-19-18-31-16-4-1-5-17-31/h2-3,6-13,20-21,32H,1,4-5,14-19H2/t30-/m0/s1. The van der Waals surface area contributed by atoms with Crippen LogP contribution in [0.5, 0.6) is 11.5 Å². The first-order valence-corrected chi connectivity index (χ1v) is 12.3. The van der Waals surface area contributed by atoms with Crippen molar-refractivity contribution in [1.29, 1.82) is 0 Å². The number of benzene rings is 3. The van der Waals surface area contributed by atoms with E-state index < -0.39 is 0 Å². The van der Waals surface area contributed by atoms with E-state index in [2.05, 4.69) is 65.6 Å². The van der Waals surface area contributed by atoms with Gasteiger partial charge in [0.1, 0.15) is 18.1 Å². The lowest BCUT2D eigenvalue weighted by atomic mass is 9.77. The van der Waals surface area contributed by atoms with Gasteiger partial charge in [-0.05, 0) is 96.4 Å². The van der Waals surface area contributed by atoms with Gasteiger partial charge in [0.05, 0.1) is 0 Å². The molecule has 1 heterocycles. The highest BCUT2D eigenvalue weighted by molar-refractivity contribution is 5.89. The Balaban J connectivity index is 1.26. The van der Waals surface area contributed by atoms with Gasteiger partial charge in [0.25, 0.3) is 0 Å². The Kier molecular flexibility index (Phi) is 5.22. The first-order chi connectivity index (χ1) is 16.2. The lowest BCUT2D eigenvalue weighted by Gasteiger charge is -2.26. The van der Waals surface area contributed by atoms with Gasteiger partial charge in [-0.1, -0.05) is 55.0 Å². The van der Waals surface area contributed by atoms with E-state index in [1.54, 1.807) is 0 Å². The van der Waals surface area contributed by atoms with Gasteiger partial charge >= 0.3 is 0 Å². The number of likely N-dealkylation sites (tertiary alicyclic amines) is 1. The molecule has 3 heteroatoms. The molecule has 1 aliphatic heterocycles. The van der Waals surface area contributed by atoms with E-state index in [1.807, 2.05) is 12.1 Å². The van der Waals surface area contributed by atoms with Crippen molar-refractivity contribution in [3.05, 3.63) is 101 Å². The topological polar surface area (TPSA) is 32.7 Å². The Bertz CT molecular complexity index is 1190. The van der Waals surface area contributed by atoms with Crippen LogP contribution >= 0.6 is 0 Å². The molecular weight excluding hydrogens is 406 g/mol. The van der Waals surface area contributed by atoms with Gasteiger partial charge in [0.2, 0.25) is 0 Å². The average molecular weight is 438 g/mol. The molecule has 0 saturated carbocycles. The van der Waals surface area contributed by atoms with Crippen LogP contribution in [0.25, 0.3) is 5.57 Å².